The number of piperidine rings is 2. The number of thioether (sulfide) groups is 1. The number of carbonyl (C=O) groups excluding carboxylic acids is 2. The summed E-state index contributed by atoms with van der Waals surface area (Å²) in [6.45, 7) is 4.26. The number of carbonyl (C=O) groups is 2. The summed E-state index contributed by atoms with van der Waals surface area (Å²) in [6.07, 6.45) is 11.3. The minimum Gasteiger partial charge on any atom is -0.871 e. The Hall–Kier alpha value is -1.83. The van der Waals surface area contributed by atoms with Gasteiger partial charge >= 0.3 is 0 Å². The van der Waals surface area contributed by atoms with Gasteiger partial charge < -0.3 is 14.9 Å². The van der Waals surface area contributed by atoms with Crippen LogP contribution >= 0.6 is 23.1 Å². The van der Waals surface area contributed by atoms with Crippen LogP contribution in [0.3, 0.4) is 0 Å². The van der Waals surface area contributed by atoms with Crippen LogP contribution in [0.5, 0.6) is 0 Å². The number of rotatable bonds is 3. The zero-order valence-electron chi connectivity index (χ0n) is 16.9. The maximum atomic E-state index is 13.2. The highest BCUT2D eigenvalue weighted by atomic mass is 32.2. The summed E-state index contributed by atoms with van der Waals surface area (Å²) in [4.78, 5) is 30.6. The highest BCUT2D eigenvalue weighted by Crippen LogP contribution is 2.41. The van der Waals surface area contributed by atoms with Gasteiger partial charge in [-0.1, -0.05) is 17.5 Å². The van der Waals surface area contributed by atoms with Gasteiger partial charge in [-0.05, 0) is 62.8 Å². The van der Waals surface area contributed by atoms with Crippen LogP contribution in [0.1, 0.15) is 43.4 Å². The number of thiophene rings is 1. The monoisotopic (exact) mass is 442 g/mol. The van der Waals surface area contributed by atoms with Crippen LogP contribution < -0.4 is 14.9 Å². The van der Waals surface area contributed by atoms with Crippen LogP contribution in [0, 0.1) is 0 Å². The van der Waals surface area contributed by atoms with E-state index in [0.717, 1.165) is 31.2 Å². The van der Waals surface area contributed by atoms with Gasteiger partial charge in [0.15, 0.2) is 5.37 Å². The topological polar surface area (TPSA) is 64.9 Å². The van der Waals surface area contributed by atoms with Crippen molar-refractivity contribution in [3.8, 4) is 0 Å². The number of allylic oxidation sites excluding steroid dienone is 3. The van der Waals surface area contributed by atoms with E-state index in [-0.39, 0.29) is 16.5 Å². The Kier molecular flexibility index (Phi) is 5.60. The van der Waals surface area contributed by atoms with Gasteiger partial charge in [0.25, 0.3) is 0 Å². The average Bonchev–Trinajstić information content (AvgIpc) is 3.49. The van der Waals surface area contributed by atoms with Gasteiger partial charge in [-0.15, -0.1) is 11.3 Å². The van der Waals surface area contributed by atoms with Crippen LogP contribution in [0.25, 0.3) is 5.57 Å². The second-order valence-corrected chi connectivity index (χ2v) is 10.6. The molecule has 1 N–H and O–H groups in total. The Bertz CT molecular complexity index is 963. The number of anilines is 1. The standard InChI is InChI=1S/C23H26N2O3S2/c26-21-19(15-7-9-17(29-15)24-11-3-1-4-12-24)22(27)23(28)20(21)16-8-10-18(30-16)25-13-5-2-6-14-25/h7-10,17,26H,1-6,11-14H2/b19-15+. The van der Waals surface area contributed by atoms with Gasteiger partial charge in [0.05, 0.1) is 18.1 Å². The molecule has 3 aliphatic heterocycles. The summed E-state index contributed by atoms with van der Waals surface area (Å²) >= 11 is 3.03. The Morgan fingerprint density at radius 1 is 0.933 bits per heavy atom. The van der Waals surface area contributed by atoms with Crippen LogP contribution in [0.4, 0.5) is 5.00 Å². The number of nitrogens with one attached hydrogen (secondary N) is 1. The van der Waals surface area contributed by atoms with Crippen molar-refractivity contribution in [1.29, 1.82) is 0 Å². The molecule has 1 unspecified atom stereocenters. The first-order valence-electron chi connectivity index (χ1n) is 10.9. The number of hydrogen-bond donors (Lipinski definition) is 1. The lowest BCUT2D eigenvalue weighted by molar-refractivity contribution is -0.908. The van der Waals surface area contributed by atoms with Crippen molar-refractivity contribution in [1.82, 2.24) is 0 Å². The first-order chi connectivity index (χ1) is 14.6. The van der Waals surface area contributed by atoms with E-state index in [2.05, 4.69) is 11.0 Å². The molecule has 0 radical (unpaired) electrons. The first kappa shape index (κ1) is 20.1. The van der Waals surface area contributed by atoms with E-state index in [1.807, 2.05) is 18.2 Å². The van der Waals surface area contributed by atoms with Gasteiger partial charge in [0, 0.05) is 34.0 Å². The second-order valence-electron chi connectivity index (χ2n) is 8.40. The lowest BCUT2D eigenvalue weighted by Crippen LogP contribution is -3.15. The molecule has 4 aliphatic rings. The Morgan fingerprint density at radius 3 is 2.40 bits per heavy atom. The van der Waals surface area contributed by atoms with Crippen molar-refractivity contribution in [2.24, 2.45) is 0 Å². The maximum Gasteiger partial charge on any atom is 0.234 e. The molecule has 1 atom stereocenters. The average molecular weight is 443 g/mol. The van der Waals surface area contributed by atoms with Gasteiger partial charge in [-0.3, -0.25) is 9.59 Å². The number of Topliss-reactive ketones (excluding diaryl/α,β-unsaturated/α-hetero) is 2. The van der Waals surface area contributed by atoms with E-state index in [1.54, 1.807) is 11.8 Å². The zero-order chi connectivity index (χ0) is 20.7. The SMILES string of the molecule is O=C1C(=O)/C(=C2\C=CC([NH+]3CCCCC3)S2)C([O-])=C1c1ccc(N2CCCCC2)s1. The molecule has 5 rings (SSSR count). The van der Waals surface area contributed by atoms with Crippen LogP contribution in [-0.2, 0) is 9.59 Å². The van der Waals surface area contributed by atoms with Gasteiger partial charge in [0.2, 0.25) is 11.6 Å². The molecular weight excluding hydrogens is 416 g/mol. The van der Waals surface area contributed by atoms with Crippen molar-refractivity contribution in [2.75, 3.05) is 31.1 Å². The molecule has 5 nitrogen and oxygen atoms in total. The van der Waals surface area contributed by atoms with E-state index in [0.29, 0.717) is 9.78 Å². The second kappa shape index (κ2) is 8.36. The first-order valence-corrected chi connectivity index (χ1v) is 12.6. The van der Waals surface area contributed by atoms with E-state index >= 15 is 0 Å². The van der Waals surface area contributed by atoms with Crippen molar-refractivity contribution in [3.63, 3.8) is 0 Å². The predicted molar refractivity (Wildman–Crippen MR) is 119 cm³/mol. The summed E-state index contributed by atoms with van der Waals surface area (Å²) in [5, 5.41) is 14.5. The van der Waals surface area contributed by atoms with Crippen LogP contribution in [-0.4, -0.2) is 43.1 Å². The lowest BCUT2D eigenvalue weighted by Gasteiger charge is -2.27. The van der Waals surface area contributed by atoms with Gasteiger partial charge in [-0.2, -0.15) is 0 Å². The maximum absolute atomic E-state index is 13.2. The summed E-state index contributed by atoms with van der Waals surface area (Å²) < 4.78 is 0. The normalized spacial score (nSPS) is 28.3. The molecule has 0 amide bonds. The van der Waals surface area contributed by atoms with E-state index < -0.39 is 17.3 Å². The number of ketones is 2. The number of quaternary nitrogens is 1. The van der Waals surface area contributed by atoms with E-state index in [1.165, 1.54) is 54.8 Å². The summed E-state index contributed by atoms with van der Waals surface area (Å²) in [5.74, 6) is -1.67. The third kappa shape index (κ3) is 3.57. The predicted octanol–water partition coefficient (Wildman–Crippen LogP) is 1.91. The molecular formula is C23H26N2O3S2. The largest absolute Gasteiger partial charge is 0.871 e. The molecule has 2 saturated heterocycles. The van der Waals surface area contributed by atoms with Gasteiger partial charge in [-0.25, -0.2) is 0 Å². The fraction of sp³-hybridized carbons (Fsp3) is 0.478. The molecule has 7 heteroatoms. The Labute approximate surface area is 185 Å². The highest BCUT2D eigenvalue weighted by molar-refractivity contribution is 8.04. The third-order valence-corrected chi connectivity index (χ3v) is 8.94. The van der Waals surface area contributed by atoms with E-state index in [9.17, 15) is 14.7 Å². The fourth-order valence-electron chi connectivity index (χ4n) is 4.79. The molecule has 0 spiro atoms. The molecule has 1 aliphatic carbocycles. The molecule has 0 saturated carbocycles. The van der Waals surface area contributed by atoms with E-state index in [4.69, 9.17) is 0 Å². The zero-order valence-corrected chi connectivity index (χ0v) is 18.6. The molecule has 4 heterocycles. The summed E-state index contributed by atoms with van der Waals surface area (Å²) in [5.41, 5.74) is 0.154. The summed E-state index contributed by atoms with van der Waals surface area (Å²) in [7, 11) is 0. The highest BCUT2D eigenvalue weighted by Gasteiger charge is 2.37. The molecule has 1 aromatic rings. The molecule has 0 bridgehead atoms. The number of likely N-dealkylation sites (tertiary alicyclic amines) is 1. The van der Waals surface area contributed by atoms with Crippen LogP contribution in [0.2, 0.25) is 0 Å². The Balaban J connectivity index is 1.42. The van der Waals surface area contributed by atoms with Crippen molar-refractivity contribution >= 4 is 45.2 Å². The fourth-order valence-corrected chi connectivity index (χ4v) is 7.18. The van der Waals surface area contributed by atoms with Crippen molar-refractivity contribution < 1.29 is 19.6 Å². The minimum atomic E-state index is -0.641. The number of hydrogen-bond acceptors (Lipinski definition) is 6. The molecule has 2 fully saturated rings. The molecule has 1 aromatic heterocycles. The van der Waals surface area contributed by atoms with Gasteiger partial charge in [0.1, 0.15) is 0 Å². The summed E-state index contributed by atoms with van der Waals surface area (Å²) in [6, 6.07) is 3.81. The third-order valence-electron chi connectivity index (χ3n) is 6.44. The smallest absolute Gasteiger partial charge is 0.234 e. The Morgan fingerprint density at radius 2 is 1.63 bits per heavy atom. The molecule has 158 valence electrons. The lowest BCUT2D eigenvalue weighted by atomic mass is 10.1. The molecule has 0 aromatic carbocycles. The minimum absolute atomic E-state index is 0.0681. The molecule has 30 heavy (non-hydrogen) atoms. The van der Waals surface area contributed by atoms with Crippen molar-refractivity contribution in [2.45, 2.75) is 43.9 Å². The van der Waals surface area contributed by atoms with Crippen molar-refractivity contribution in [3.05, 3.63) is 45.4 Å². The quantitative estimate of drug-likeness (QED) is 0.572. The van der Waals surface area contributed by atoms with Crippen LogP contribution in [0.15, 0.2) is 40.5 Å². The number of nitrogens with zero attached hydrogens (tertiary/aromatic N) is 1.